The molecule has 0 radical (unpaired) electrons. The summed E-state index contributed by atoms with van der Waals surface area (Å²) in [4.78, 5) is 14.6. The number of hydrogen-bond donors (Lipinski definition) is 0. The molecule has 3 nitrogen and oxygen atoms in total. The van der Waals surface area contributed by atoms with Gasteiger partial charge in [0.1, 0.15) is 0 Å². The number of ether oxygens (including phenoxy) is 1. The summed E-state index contributed by atoms with van der Waals surface area (Å²) < 4.78 is 5.85. The second kappa shape index (κ2) is 5.85. The molecular weight excluding hydrogens is 214 g/mol. The van der Waals surface area contributed by atoms with Crippen molar-refractivity contribution in [1.29, 1.82) is 0 Å². The lowest BCUT2D eigenvalue weighted by Crippen LogP contribution is -2.46. The van der Waals surface area contributed by atoms with Gasteiger partial charge in [-0.3, -0.25) is 4.79 Å². The Labute approximate surface area is 105 Å². The summed E-state index contributed by atoms with van der Waals surface area (Å²) in [5.74, 6) is 0.536. The molecule has 2 fully saturated rings. The highest BCUT2D eigenvalue weighted by Gasteiger charge is 2.37. The van der Waals surface area contributed by atoms with E-state index >= 15 is 0 Å². The molecule has 1 saturated heterocycles. The van der Waals surface area contributed by atoms with Crippen LogP contribution in [0.25, 0.3) is 0 Å². The first-order valence-electron chi connectivity index (χ1n) is 7.16. The Morgan fingerprint density at radius 3 is 3.00 bits per heavy atom. The van der Waals surface area contributed by atoms with Crippen LogP contribution in [-0.4, -0.2) is 36.1 Å². The molecule has 1 aliphatic heterocycles. The number of amides is 1. The van der Waals surface area contributed by atoms with Gasteiger partial charge in [-0.1, -0.05) is 20.3 Å². The van der Waals surface area contributed by atoms with Gasteiger partial charge in [-0.15, -0.1) is 0 Å². The van der Waals surface area contributed by atoms with E-state index in [0.717, 1.165) is 45.3 Å². The first-order valence-corrected chi connectivity index (χ1v) is 7.16. The van der Waals surface area contributed by atoms with E-state index in [-0.39, 0.29) is 5.92 Å². The number of fused-ring (bicyclic) bond motifs is 1. The van der Waals surface area contributed by atoms with Crippen LogP contribution < -0.4 is 0 Å². The Balaban J connectivity index is 2.03. The van der Waals surface area contributed by atoms with Crippen LogP contribution in [0.3, 0.4) is 0 Å². The van der Waals surface area contributed by atoms with Crippen molar-refractivity contribution in [1.82, 2.24) is 4.90 Å². The van der Waals surface area contributed by atoms with E-state index in [1.807, 2.05) is 0 Å². The molecule has 0 N–H and O–H groups in total. The molecule has 0 aromatic carbocycles. The Bertz CT molecular complexity index is 267. The summed E-state index contributed by atoms with van der Waals surface area (Å²) in [6.45, 7) is 5.94. The molecule has 0 spiro atoms. The van der Waals surface area contributed by atoms with E-state index in [4.69, 9.17) is 4.74 Å². The molecule has 1 amide bonds. The van der Waals surface area contributed by atoms with E-state index in [1.165, 1.54) is 6.42 Å². The largest absolute Gasteiger partial charge is 0.376 e. The van der Waals surface area contributed by atoms with Crippen molar-refractivity contribution in [3.05, 3.63) is 0 Å². The van der Waals surface area contributed by atoms with Crippen LogP contribution in [0.1, 0.15) is 52.4 Å². The minimum atomic E-state index is 0.180. The number of nitrogens with zero attached hydrogens (tertiary/aromatic N) is 1. The smallest absolute Gasteiger partial charge is 0.225 e. The minimum absolute atomic E-state index is 0.180. The molecule has 0 aromatic rings. The highest BCUT2D eigenvalue weighted by Crippen LogP contribution is 2.30. The van der Waals surface area contributed by atoms with Crippen molar-refractivity contribution >= 4 is 5.91 Å². The van der Waals surface area contributed by atoms with Crippen LogP contribution in [0.2, 0.25) is 0 Å². The van der Waals surface area contributed by atoms with Crippen molar-refractivity contribution in [2.24, 2.45) is 5.92 Å². The predicted molar refractivity (Wildman–Crippen MR) is 67.8 cm³/mol. The lowest BCUT2D eigenvalue weighted by atomic mass is 10.0. The molecule has 3 atom stereocenters. The molecule has 0 unspecified atom stereocenters. The summed E-state index contributed by atoms with van der Waals surface area (Å²) in [7, 11) is 0. The van der Waals surface area contributed by atoms with Gasteiger partial charge in [0.2, 0.25) is 5.91 Å². The zero-order valence-electron chi connectivity index (χ0n) is 11.2. The number of rotatable bonds is 3. The van der Waals surface area contributed by atoms with Crippen molar-refractivity contribution in [2.75, 3.05) is 13.2 Å². The van der Waals surface area contributed by atoms with E-state index in [9.17, 15) is 4.79 Å². The SMILES string of the molecule is CCC[C@H](C)C(=O)N1CCCO[C@H]2CCC[C@H]21. The van der Waals surface area contributed by atoms with E-state index in [1.54, 1.807) is 0 Å². The maximum absolute atomic E-state index is 12.5. The summed E-state index contributed by atoms with van der Waals surface area (Å²) >= 11 is 0. The van der Waals surface area contributed by atoms with Crippen molar-refractivity contribution in [3.63, 3.8) is 0 Å². The highest BCUT2D eigenvalue weighted by molar-refractivity contribution is 5.79. The fourth-order valence-corrected chi connectivity index (χ4v) is 3.21. The third kappa shape index (κ3) is 2.82. The predicted octanol–water partition coefficient (Wildman–Crippen LogP) is 2.59. The third-order valence-electron chi connectivity index (χ3n) is 4.12. The molecule has 0 aromatic heterocycles. The van der Waals surface area contributed by atoms with Crippen molar-refractivity contribution in [3.8, 4) is 0 Å². The van der Waals surface area contributed by atoms with E-state index in [0.29, 0.717) is 18.1 Å². The average Bonchev–Trinajstić information content (AvgIpc) is 2.69. The lowest BCUT2D eigenvalue weighted by molar-refractivity contribution is -0.138. The Morgan fingerprint density at radius 1 is 1.41 bits per heavy atom. The lowest BCUT2D eigenvalue weighted by Gasteiger charge is -2.32. The number of carbonyl (C=O) groups is 1. The van der Waals surface area contributed by atoms with Crippen molar-refractivity contribution in [2.45, 2.75) is 64.5 Å². The summed E-state index contributed by atoms with van der Waals surface area (Å²) in [5.41, 5.74) is 0. The second-order valence-electron chi connectivity index (χ2n) is 5.48. The maximum atomic E-state index is 12.5. The topological polar surface area (TPSA) is 29.5 Å². The van der Waals surface area contributed by atoms with Gasteiger partial charge in [0.25, 0.3) is 0 Å². The Kier molecular flexibility index (Phi) is 4.43. The quantitative estimate of drug-likeness (QED) is 0.757. The summed E-state index contributed by atoms with van der Waals surface area (Å²) in [5, 5.41) is 0. The highest BCUT2D eigenvalue weighted by atomic mass is 16.5. The Morgan fingerprint density at radius 2 is 2.24 bits per heavy atom. The number of hydrogen-bond acceptors (Lipinski definition) is 2. The monoisotopic (exact) mass is 239 g/mol. The van der Waals surface area contributed by atoms with Gasteiger partial charge in [0.15, 0.2) is 0 Å². The summed E-state index contributed by atoms with van der Waals surface area (Å²) in [6.07, 6.45) is 6.89. The van der Waals surface area contributed by atoms with Crippen LogP contribution in [0.5, 0.6) is 0 Å². The van der Waals surface area contributed by atoms with Gasteiger partial charge in [0.05, 0.1) is 12.1 Å². The zero-order chi connectivity index (χ0) is 12.3. The molecule has 0 bridgehead atoms. The molecule has 1 saturated carbocycles. The van der Waals surface area contributed by atoms with Crippen LogP contribution in [0.15, 0.2) is 0 Å². The molecule has 3 heteroatoms. The fraction of sp³-hybridized carbons (Fsp3) is 0.929. The van der Waals surface area contributed by atoms with Crippen molar-refractivity contribution < 1.29 is 9.53 Å². The van der Waals surface area contributed by atoms with Crippen LogP contribution in [0, 0.1) is 5.92 Å². The minimum Gasteiger partial charge on any atom is -0.376 e. The Hall–Kier alpha value is -0.570. The molecule has 2 aliphatic rings. The van der Waals surface area contributed by atoms with Crippen LogP contribution in [0.4, 0.5) is 0 Å². The molecule has 1 heterocycles. The standard InChI is InChI=1S/C14H25NO2/c1-3-6-11(2)14(16)15-9-5-10-17-13-8-4-7-12(13)15/h11-13H,3-10H2,1-2H3/t11-,12+,13-/m0/s1. The van der Waals surface area contributed by atoms with Gasteiger partial charge in [-0.2, -0.15) is 0 Å². The molecule has 1 aliphatic carbocycles. The van der Waals surface area contributed by atoms with E-state index in [2.05, 4.69) is 18.7 Å². The summed E-state index contributed by atoms with van der Waals surface area (Å²) in [6, 6.07) is 0.365. The first kappa shape index (κ1) is 12.9. The molecule has 2 rings (SSSR count). The van der Waals surface area contributed by atoms with Crippen LogP contribution in [-0.2, 0) is 9.53 Å². The average molecular weight is 239 g/mol. The fourth-order valence-electron chi connectivity index (χ4n) is 3.21. The van der Waals surface area contributed by atoms with E-state index < -0.39 is 0 Å². The van der Waals surface area contributed by atoms with Gasteiger partial charge in [-0.05, 0) is 32.1 Å². The van der Waals surface area contributed by atoms with Gasteiger partial charge in [0, 0.05) is 19.1 Å². The zero-order valence-corrected chi connectivity index (χ0v) is 11.2. The first-order chi connectivity index (χ1) is 8.24. The number of carbonyl (C=O) groups excluding carboxylic acids is 1. The second-order valence-corrected chi connectivity index (χ2v) is 5.48. The molecular formula is C14H25NO2. The molecule has 17 heavy (non-hydrogen) atoms. The normalized spacial score (nSPS) is 30.8. The third-order valence-corrected chi connectivity index (χ3v) is 4.12. The maximum Gasteiger partial charge on any atom is 0.225 e. The van der Waals surface area contributed by atoms with Gasteiger partial charge in [-0.25, -0.2) is 0 Å². The van der Waals surface area contributed by atoms with Crippen LogP contribution >= 0.6 is 0 Å². The van der Waals surface area contributed by atoms with Gasteiger partial charge < -0.3 is 9.64 Å². The van der Waals surface area contributed by atoms with Gasteiger partial charge >= 0.3 is 0 Å². The molecule has 98 valence electrons.